The Kier molecular flexibility index (Phi) is 6.15. The van der Waals surface area contributed by atoms with E-state index in [4.69, 9.17) is 4.74 Å². The molecule has 9 heteroatoms. The molecule has 3 rings (SSSR count). The van der Waals surface area contributed by atoms with Gasteiger partial charge < -0.3 is 15.0 Å². The highest BCUT2D eigenvalue weighted by molar-refractivity contribution is 5.95. The molecule has 1 N–H and O–H groups in total. The van der Waals surface area contributed by atoms with E-state index in [-0.39, 0.29) is 35.8 Å². The molecule has 148 valence electrons. The zero-order valence-electron chi connectivity index (χ0n) is 15.0. The lowest BCUT2D eigenvalue weighted by Gasteiger charge is -2.26. The summed E-state index contributed by atoms with van der Waals surface area (Å²) in [6.07, 6.45) is 0.220. The molecule has 1 heterocycles. The first-order valence-electron chi connectivity index (χ1n) is 8.79. The van der Waals surface area contributed by atoms with E-state index in [9.17, 15) is 23.7 Å². The van der Waals surface area contributed by atoms with Crippen LogP contribution in [0.25, 0.3) is 0 Å². The van der Waals surface area contributed by atoms with Gasteiger partial charge in [0.2, 0.25) is 0 Å². The molecule has 0 saturated carbocycles. The van der Waals surface area contributed by atoms with E-state index in [0.717, 1.165) is 12.1 Å². The minimum Gasteiger partial charge on any atom is -0.379 e. The minimum absolute atomic E-state index is 0.208. The summed E-state index contributed by atoms with van der Waals surface area (Å²) in [5.74, 6) is -1.61. The van der Waals surface area contributed by atoms with Crippen LogP contribution in [0, 0.1) is 21.7 Å². The summed E-state index contributed by atoms with van der Waals surface area (Å²) in [6.45, 7) is 1.96. The molecule has 0 unspecified atom stereocenters. The van der Waals surface area contributed by atoms with E-state index in [0.29, 0.717) is 31.9 Å². The van der Waals surface area contributed by atoms with Gasteiger partial charge in [-0.15, -0.1) is 0 Å². The van der Waals surface area contributed by atoms with Crippen molar-refractivity contribution in [1.29, 1.82) is 0 Å². The molecule has 1 amide bonds. The summed E-state index contributed by atoms with van der Waals surface area (Å²) in [5, 5.41) is 14.3. The molecule has 7 nitrogen and oxygen atoms in total. The van der Waals surface area contributed by atoms with Gasteiger partial charge in [-0.1, -0.05) is 6.07 Å². The highest BCUT2D eigenvalue weighted by atomic mass is 19.1. The third-order valence-corrected chi connectivity index (χ3v) is 4.46. The van der Waals surface area contributed by atoms with Crippen molar-refractivity contribution in [1.82, 2.24) is 4.90 Å². The molecule has 2 aromatic carbocycles. The van der Waals surface area contributed by atoms with Crippen LogP contribution in [0.4, 0.5) is 20.2 Å². The predicted molar refractivity (Wildman–Crippen MR) is 98.4 cm³/mol. The number of hydrogen-bond donors (Lipinski definition) is 1. The number of nitrogens with zero attached hydrogens (tertiary/aromatic N) is 2. The first-order chi connectivity index (χ1) is 13.5. The highest BCUT2D eigenvalue weighted by Gasteiger charge is 2.22. The lowest BCUT2D eigenvalue weighted by atomic mass is 10.1. The van der Waals surface area contributed by atoms with E-state index >= 15 is 0 Å². The number of hydrogen-bond acceptors (Lipinski definition) is 5. The van der Waals surface area contributed by atoms with Gasteiger partial charge in [0, 0.05) is 37.3 Å². The minimum atomic E-state index is -0.664. The van der Waals surface area contributed by atoms with Crippen molar-refractivity contribution < 1.29 is 23.2 Å². The largest absolute Gasteiger partial charge is 0.379 e. The number of carbonyl (C=O) groups is 1. The van der Waals surface area contributed by atoms with Crippen molar-refractivity contribution in [3.63, 3.8) is 0 Å². The van der Waals surface area contributed by atoms with E-state index < -0.39 is 16.6 Å². The maximum absolute atomic E-state index is 13.7. The normalized spacial score (nSPS) is 14.0. The van der Waals surface area contributed by atoms with Crippen LogP contribution in [0.15, 0.2) is 36.4 Å². The molecule has 0 aliphatic carbocycles. The molecule has 1 aliphatic heterocycles. The van der Waals surface area contributed by atoms with E-state index in [1.807, 2.05) is 0 Å². The number of morpholine rings is 1. The van der Waals surface area contributed by atoms with E-state index in [2.05, 4.69) is 5.32 Å². The maximum atomic E-state index is 13.7. The molecule has 28 heavy (non-hydrogen) atoms. The van der Waals surface area contributed by atoms with Gasteiger partial charge in [-0.25, -0.2) is 8.78 Å². The number of carbonyl (C=O) groups excluding carboxylic acids is 1. The second-order valence-electron chi connectivity index (χ2n) is 6.31. The molecular weight excluding hydrogens is 372 g/mol. The van der Waals surface area contributed by atoms with E-state index in [1.54, 1.807) is 4.90 Å². The van der Waals surface area contributed by atoms with Crippen LogP contribution in [0.5, 0.6) is 0 Å². The quantitative estimate of drug-likeness (QED) is 0.605. The highest BCUT2D eigenvalue weighted by Crippen LogP contribution is 2.26. The zero-order valence-corrected chi connectivity index (χ0v) is 15.0. The molecule has 1 fully saturated rings. The van der Waals surface area contributed by atoms with Gasteiger partial charge in [-0.3, -0.25) is 14.9 Å². The molecule has 0 atom stereocenters. The number of amides is 1. The summed E-state index contributed by atoms with van der Waals surface area (Å²) < 4.78 is 31.8. The second kappa shape index (κ2) is 8.75. The average Bonchev–Trinajstić information content (AvgIpc) is 2.69. The van der Waals surface area contributed by atoms with Crippen LogP contribution >= 0.6 is 0 Å². The van der Waals surface area contributed by atoms with Crippen LogP contribution in [-0.2, 0) is 11.2 Å². The fraction of sp³-hybridized carbons (Fsp3) is 0.316. The van der Waals surface area contributed by atoms with Gasteiger partial charge in [0.1, 0.15) is 17.3 Å². The first kappa shape index (κ1) is 19.7. The third kappa shape index (κ3) is 4.61. The van der Waals surface area contributed by atoms with Crippen molar-refractivity contribution in [3.8, 4) is 0 Å². The smallest absolute Gasteiger partial charge is 0.293 e. The molecule has 0 radical (unpaired) electrons. The van der Waals surface area contributed by atoms with Gasteiger partial charge in [-0.05, 0) is 30.2 Å². The molecule has 0 aromatic heterocycles. The number of nitro benzene ring substituents is 1. The summed E-state index contributed by atoms with van der Waals surface area (Å²) >= 11 is 0. The SMILES string of the molecule is O=C(c1ccc(NCCc2ccc(F)cc2F)c([N+](=O)[O-])c1)N1CCOCC1. The van der Waals surface area contributed by atoms with Crippen molar-refractivity contribution in [2.45, 2.75) is 6.42 Å². The van der Waals surface area contributed by atoms with Crippen LogP contribution in [0.3, 0.4) is 0 Å². The summed E-state index contributed by atoms with van der Waals surface area (Å²) in [6, 6.07) is 7.51. The third-order valence-electron chi connectivity index (χ3n) is 4.46. The Morgan fingerprint density at radius 1 is 1.18 bits per heavy atom. The van der Waals surface area contributed by atoms with Crippen LogP contribution < -0.4 is 5.32 Å². The Morgan fingerprint density at radius 3 is 2.61 bits per heavy atom. The lowest BCUT2D eigenvalue weighted by Crippen LogP contribution is -2.40. The second-order valence-corrected chi connectivity index (χ2v) is 6.31. The number of halogens is 2. The topological polar surface area (TPSA) is 84.7 Å². The first-order valence-corrected chi connectivity index (χ1v) is 8.79. The Hall–Kier alpha value is -3.07. The van der Waals surface area contributed by atoms with Gasteiger partial charge >= 0.3 is 0 Å². The fourth-order valence-corrected chi connectivity index (χ4v) is 2.97. The lowest BCUT2D eigenvalue weighted by molar-refractivity contribution is -0.384. The van der Waals surface area contributed by atoms with Gasteiger partial charge in [0.15, 0.2) is 0 Å². The Bertz CT molecular complexity index is 885. The van der Waals surface area contributed by atoms with Gasteiger partial charge in [-0.2, -0.15) is 0 Å². The summed E-state index contributed by atoms with van der Waals surface area (Å²) in [5.41, 5.74) is 0.518. The number of nitro groups is 1. The molecule has 0 spiro atoms. The van der Waals surface area contributed by atoms with Crippen LogP contribution in [0.2, 0.25) is 0 Å². The van der Waals surface area contributed by atoms with Crippen molar-refractivity contribution in [2.75, 3.05) is 38.2 Å². The molecule has 1 aliphatic rings. The number of rotatable bonds is 6. The average molecular weight is 391 g/mol. The Morgan fingerprint density at radius 2 is 1.93 bits per heavy atom. The number of benzene rings is 2. The molecular formula is C19H19F2N3O4. The number of nitrogens with one attached hydrogen (secondary N) is 1. The van der Waals surface area contributed by atoms with Crippen molar-refractivity contribution in [3.05, 3.63) is 69.3 Å². The fourth-order valence-electron chi connectivity index (χ4n) is 2.97. The van der Waals surface area contributed by atoms with Crippen molar-refractivity contribution in [2.24, 2.45) is 0 Å². The van der Waals surface area contributed by atoms with Crippen molar-refractivity contribution >= 4 is 17.3 Å². The molecule has 0 bridgehead atoms. The monoisotopic (exact) mass is 391 g/mol. The van der Waals surface area contributed by atoms with Crippen LogP contribution in [-0.4, -0.2) is 48.6 Å². The van der Waals surface area contributed by atoms with Gasteiger partial charge in [0.05, 0.1) is 18.1 Å². The Labute approximate surface area is 160 Å². The van der Waals surface area contributed by atoms with Crippen LogP contribution in [0.1, 0.15) is 15.9 Å². The molecule has 1 saturated heterocycles. The number of ether oxygens (including phenoxy) is 1. The standard InChI is InChI=1S/C19H19F2N3O4/c20-15-3-1-13(16(21)12-15)5-6-22-17-4-2-14(11-18(17)24(26)27)19(25)23-7-9-28-10-8-23/h1-4,11-12,22H,5-10H2. The predicted octanol–water partition coefficient (Wildman–Crippen LogP) is 3.00. The summed E-state index contributed by atoms with van der Waals surface area (Å²) in [4.78, 5) is 24.9. The van der Waals surface area contributed by atoms with Gasteiger partial charge in [0.25, 0.3) is 11.6 Å². The zero-order chi connectivity index (χ0) is 20.1. The number of anilines is 1. The summed E-state index contributed by atoms with van der Waals surface area (Å²) in [7, 11) is 0. The maximum Gasteiger partial charge on any atom is 0.293 e. The van der Waals surface area contributed by atoms with E-state index in [1.165, 1.54) is 24.3 Å². The Balaban J connectivity index is 1.70. The molecule has 2 aromatic rings.